The van der Waals surface area contributed by atoms with E-state index < -0.39 is 6.10 Å². The normalized spacial score (nSPS) is 12.5. The van der Waals surface area contributed by atoms with E-state index in [2.05, 4.69) is 0 Å². The third kappa shape index (κ3) is 3.48. The minimum absolute atomic E-state index is 0.116. The van der Waals surface area contributed by atoms with Crippen LogP contribution in [0.5, 0.6) is 0 Å². The average molecular weight is 261 g/mol. The molecule has 1 aromatic rings. The highest BCUT2D eigenvalue weighted by atomic mass is 35.5. The van der Waals surface area contributed by atoms with Gasteiger partial charge in [-0.3, -0.25) is 4.79 Å². The van der Waals surface area contributed by atoms with Gasteiger partial charge in [-0.05, 0) is 31.5 Å². The summed E-state index contributed by atoms with van der Waals surface area (Å²) in [5.41, 5.74) is 0.453. The molecule has 0 amide bonds. The number of benzene rings is 1. The lowest BCUT2D eigenvalue weighted by Gasteiger charge is -2.12. The number of hydrogen-bond donors (Lipinski definition) is 0. The Bertz CT molecular complexity index is 377. The lowest BCUT2D eigenvalue weighted by Crippen LogP contribution is -2.21. The van der Waals surface area contributed by atoms with Gasteiger partial charge >= 0.3 is 0 Å². The van der Waals surface area contributed by atoms with Gasteiger partial charge in [-0.15, -0.1) is 0 Å². The van der Waals surface area contributed by atoms with E-state index in [0.29, 0.717) is 22.2 Å². The van der Waals surface area contributed by atoms with Crippen molar-refractivity contribution in [1.29, 1.82) is 0 Å². The van der Waals surface area contributed by atoms with Crippen molar-refractivity contribution < 1.29 is 9.53 Å². The average Bonchev–Trinajstić information content (AvgIpc) is 2.25. The number of rotatable bonds is 5. The molecule has 0 radical (unpaired) electrons. The van der Waals surface area contributed by atoms with Crippen molar-refractivity contribution in [3.63, 3.8) is 0 Å². The maximum absolute atomic E-state index is 11.9. The van der Waals surface area contributed by atoms with E-state index in [1.165, 1.54) is 0 Å². The topological polar surface area (TPSA) is 26.3 Å². The van der Waals surface area contributed by atoms with E-state index in [1.807, 2.05) is 6.92 Å². The zero-order valence-corrected chi connectivity index (χ0v) is 10.8. The van der Waals surface area contributed by atoms with Crippen LogP contribution in [0.2, 0.25) is 10.0 Å². The molecule has 2 nitrogen and oxygen atoms in total. The molecular weight excluding hydrogens is 247 g/mol. The van der Waals surface area contributed by atoms with Crippen LogP contribution in [0, 0.1) is 0 Å². The molecule has 0 aromatic heterocycles. The first-order valence-corrected chi connectivity index (χ1v) is 5.92. The summed E-state index contributed by atoms with van der Waals surface area (Å²) in [7, 11) is 0. The maximum atomic E-state index is 11.9. The SMILES string of the molecule is CCCOC(C)C(=O)c1ccc(Cl)cc1Cl. The highest BCUT2D eigenvalue weighted by Gasteiger charge is 2.18. The molecule has 0 aliphatic carbocycles. The van der Waals surface area contributed by atoms with Crippen LogP contribution >= 0.6 is 23.2 Å². The molecule has 88 valence electrons. The zero-order valence-electron chi connectivity index (χ0n) is 9.30. The van der Waals surface area contributed by atoms with E-state index in [0.717, 1.165) is 6.42 Å². The number of halogens is 2. The molecule has 1 atom stereocenters. The van der Waals surface area contributed by atoms with Crippen molar-refractivity contribution in [2.45, 2.75) is 26.4 Å². The highest BCUT2D eigenvalue weighted by molar-refractivity contribution is 6.37. The van der Waals surface area contributed by atoms with Crippen LogP contribution in [0.1, 0.15) is 30.6 Å². The minimum atomic E-state index is -0.473. The highest BCUT2D eigenvalue weighted by Crippen LogP contribution is 2.22. The van der Waals surface area contributed by atoms with Crippen LogP contribution in [-0.4, -0.2) is 18.5 Å². The molecule has 1 unspecified atom stereocenters. The fourth-order valence-corrected chi connectivity index (χ4v) is 1.78. The quantitative estimate of drug-likeness (QED) is 0.749. The molecule has 0 N–H and O–H groups in total. The van der Waals surface area contributed by atoms with Crippen LogP contribution in [0.4, 0.5) is 0 Å². The lowest BCUT2D eigenvalue weighted by atomic mass is 10.1. The lowest BCUT2D eigenvalue weighted by molar-refractivity contribution is 0.0479. The Morgan fingerprint density at radius 2 is 2.12 bits per heavy atom. The van der Waals surface area contributed by atoms with Crippen molar-refractivity contribution in [3.05, 3.63) is 33.8 Å². The first kappa shape index (κ1) is 13.5. The number of hydrogen-bond acceptors (Lipinski definition) is 2. The molecule has 0 aliphatic heterocycles. The van der Waals surface area contributed by atoms with Crippen molar-refractivity contribution in [2.75, 3.05) is 6.61 Å². The molecule has 0 aliphatic rings. The molecular formula is C12H14Cl2O2. The van der Waals surface area contributed by atoms with Crippen LogP contribution in [0.25, 0.3) is 0 Å². The molecule has 0 fully saturated rings. The first-order chi connectivity index (χ1) is 7.56. The van der Waals surface area contributed by atoms with Crippen LogP contribution in [-0.2, 0) is 4.74 Å². The summed E-state index contributed by atoms with van der Waals surface area (Å²) < 4.78 is 5.35. The van der Waals surface area contributed by atoms with E-state index >= 15 is 0 Å². The van der Waals surface area contributed by atoms with Crippen molar-refractivity contribution >= 4 is 29.0 Å². The predicted octanol–water partition coefficient (Wildman–Crippen LogP) is 3.99. The molecule has 16 heavy (non-hydrogen) atoms. The molecule has 1 aromatic carbocycles. The van der Waals surface area contributed by atoms with E-state index in [9.17, 15) is 4.79 Å². The van der Waals surface area contributed by atoms with Gasteiger partial charge in [0.1, 0.15) is 6.10 Å². The van der Waals surface area contributed by atoms with Gasteiger partial charge in [0.15, 0.2) is 5.78 Å². The fourth-order valence-electron chi connectivity index (χ4n) is 1.28. The molecule has 0 heterocycles. The van der Waals surface area contributed by atoms with Crippen LogP contribution in [0.15, 0.2) is 18.2 Å². The third-order valence-electron chi connectivity index (χ3n) is 2.14. The molecule has 0 saturated heterocycles. The summed E-state index contributed by atoms with van der Waals surface area (Å²) in [5.74, 6) is -0.116. The number of ketones is 1. The maximum Gasteiger partial charge on any atom is 0.192 e. The predicted molar refractivity (Wildman–Crippen MR) is 66.5 cm³/mol. The van der Waals surface area contributed by atoms with E-state index in [4.69, 9.17) is 27.9 Å². The number of ether oxygens (including phenoxy) is 1. The number of Topliss-reactive ketones (excluding diaryl/α,β-unsaturated/α-hetero) is 1. The summed E-state index contributed by atoms with van der Waals surface area (Å²) in [6.07, 6.45) is 0.407. The van der Waals surface area contributed by atoms with Gasteiger partial charge in [-0.25, -0.2) is 0 Å². The van der Waals surface area contributed by atoms with Crippen molar-refractivity contribution in [2.24, 2.45) is 0 Å². The summed E-state index contributed by atoms with van der Waals surface area (Å²) in [4.78, 5) is 11.9. The second kappa shape index (κ2) is 6.24. The molecule has 0 saturated carbocycles. The monoisotopic (exact) mass is 260 g/mol. The molecule has 4 heteroatoms. The first-order valence-electron chi connectivity index (χ1n) is 5.17. The smallest absolute Gasteiger partial charge is 0.192 e. The summed E-state index contributed by atoms with van der Waals surface area (Å²) in [6.45, 7) is 4.29. The Morgan fingerprint density at radius 3 is 2.69 bits per heavy atom. The van der Waals surface area contributed by atoms with Crippen LogP contribution in [0.3, 0.4) is 0 Å². The summed E-state index contributed by atoms with van der Waals surface area (Å²) in [6, 6.07) is 4.83. The summed E-state index contributed by atoms with van der Waals surface area (Å²) >= 11 is 11.7. The Morgan fingerprint density at radius 1 is 1.44 bits per heavy atom. The second-order valence-corrected chi connectivity index (χ2v) is 4.35. The van der Waals surface area contributed by atoms with E-state index in [1.54, 1.807) is 25.1 Å². The Hall–Kier alpha value is -0.570. The van der Waals surface area contributed by atoms with E-state index in [-0.39, 0.29) is 5.78 Å². The van der Waals surface area contributed by atoms with Gasteiger partial charge in [0, 0.05) is 17.2 Å². The molecule has 0 bridgehead atoms. The van der Waals surface area contributed by atoms with Gasteiger partial charge in [-0.2, -0.15) is 0 Å². The summed E-state index contributed by atoms with van der Waals surface area (Å²) in [5, 5.41) is 0.883. The minimum Gasteiger partial charge on any atom is -0.370 e. The van der Waals surface area contributed by atoms with Gasteiger partial charge in [0.2, 0.25) is 0 Å². The fraction of sp³-hybridized carbons (Fsp3) is 0.417. The number of carbonyl (C=O) groups excluding carboxylic acids is 1. The van der Waals surface area contributed by atoms with Gasteiger partial charge in [-0.1, -0.05) is 30.1 Å². The van der Waals surface area contributed by atoms with Gasteiger partial charge in [0.25, 0.3) is 0 Å². The Labute approximate surface area is 106 Å². The Kier molecular flexibility index (Phi) is 5.26. The number of carbonyl (C=O) groups is 1. The largest absolute Gasteiger partial charge is 0.370 e. The third-order valence-corrected chi connectivity index (χ3v) is 2.69. The molecule has 1 rings (SSSR count). The Balaban J connectivity index is 2.79. The zero-order chi connectivity index (χ0) is 12.1. The molecule has 0 spiro atoms. The second-order valence-electron chi connectivity index (χ2n) is 3.50. The van der Waals surface area contributed by atoms with Crippen molar-refractivity contribution in [1.82, 2.24) is 0 Å². The standard InChI is InChI=1S/C12H14Cl2O2/c1-3-6-16-8(2)12(15)10-5-4-9(13)7-11(10)14/h4-5,7-8H,3,6H2,1-2H3. The van der Waals surface area contributed by atoms with Gasteiger partial charge < -0.3 is 4.74 Å². The van der Waals surface area contributed by atoms with Crippen LogP contribution < -0.4 is 0 Å². The van der Waals surface area contributed by atoms with Gasteiger partial charge in [0.05, 0.1) is 5.02 Å². The van der Waals surface area contributed by atoms with Crippen molar-refractivity contribution in [3.8, 4) is 0 Å².